The van der Waals surface area contributed by atoms with E-state index in [1.807, 2.05) is 37.8 Å². The maximum Gasteiger partial charge on any atom is 0.410 e. The Morgan fingerprint density at radius 2 is 1.88 bits per heavy atom. The van der Waals surface area contributed by atoms with Crippen molar-refractivity contribution in [1.82, 2.24) is 4.90 Å². The highest BCUT2D eigenvalue weighted by Gasteiger charge is 2.45. The van der Waals surface area contributed by atoms with E-state index >= 15 is 0 Å². The molecular formula is C25H27FN2O4. The van der Waals surface area contributed by atoms with Gasteiger partial charge in [-0.3, -0.25) is 4.79 Å². The van der Waals surface area contributed by atoms with Gasteiger partial charge < -0.3 is 19.0 Å². The number of rotatable bonds is 1. The molecule has 2 aromatic carbocycles. The van der Waals surface area contributed by atoms with Gasteiger partial charge in [-0.25, -0.2) is 9.18 Å². The maximum absolute atomic E-state index is 14.2. The summed E-state index contributed by atoms with van der Waals surface area (Å²) >= 11 is 0. The van der Waals surface area contributed by atoms with Gasteiger partial charge in [0.25, 0.3) is 0 Å². The van der Waals surface area contributed by atoms with Crippen LogP contribution in [0.1, 0.15) is 33.6 Å². The third kappa shape index (κ3) is 3.59. The molecule has 0 N–H and O–H groups in total. The van der Waals surface area contributed by atoms with Gasteiger partial charge in [-0.1, -0.05) is 6.07 Å². The van der Waals surface area contributed by atoms with E-state index in [0.717, 1.165) is 31.6 Å². The van der Waals surface area contributed by atoms with Gasteiger partial charge in [0, 0.05) is 43.3 Å². The summed E-state index contributed by atoms with van der Waals surface area (Å²) in [5.41, 5.74) is 0.602. The summed E-state index contributed by atoms with van der Waals surface area (Å²) in [5, 5.41) is 0.691. The zero-order valence-electron chi connectivity index (χ0n) is 18.6. The zero-order chi connectivity index (χ0) is 22.7. The van der Waals surface area contributed by atoms with E-state index < -0.39 is 11.4 Å². The van der Waals surface area contributed by atoms with Crippen LogP contribution in [0.5, 0.6) is 0 Å². The number of anilines is 1. The monoisotopic (exact) mass is 438 g/mol. The summed E-state index contributed by atoms with van der Waals surface area (Å²) in [6.07, 6.45) is 1.65. The van der Waals surface area contributed by atoms with Gasteiger partial charge in [0.15, 0.2) is 11.4 Å². The minimum absolute atomic E-state index is 0.0103. The van der Waals surface area contributed by atoms with Crippen molar-refractivity contribution in [1.29, 1.82) is 0 Å². The van der Waals surface area contributed by atoms with Crippen molar-refractivity contribution in [2.24, 2.45) is 5.41 Å². The van der Waals surface area contributed by atoms with Crippen LogP contribution in [0.4, 0.5) is 14.9 Å². The van der Waals surface area contributed by atoms with Gasteiger partial charge in [-0.05, 0) is 57.9 Å². The molecule has 1 unspecified atom stereocenters. The molecule has 1 amide bonds. The van der Waals surface area contributed by atoms with Gasteiger partial charge in [0.05, 0.1) is 10.8 Å². The summed E-state index contributed by atoms with van der Waals surface area (Å²) in [4.78, 5) is 29.3. The number of nitrogens with zero attached hydrogens (tertiary/aromatic N) is 2. The standard InChI is InChI=1S/C25H27FN2O4/c1-24(2,3)32-23(30)28-12-10-25(15-28)9-11-27(14-25)16-7-8-17-20(13-16)31-22-18(21(17)29)5-4-6-19(22)26/h4-8,13H,9-12,14-15H2,1-3H3. The number of carbonyl (C=O) groups is 1. The molecule has 168 valence electrons. The molecule has 3 heterocycles. The number of carbonyl (C=O) groups excluding carboxylic acids is 1. The number of hydrogen-bond donors (Lipinski definition) is 0. The lowest BCUT2D eigenvalue weighted by Crippen LogP contribution is -2.37. The molecule has 6 nitrogen and oxygen atoms in total. The SMILES string of the molecule is CC(C)(C)OC(=O)N1CCC2(CCN(c3ccc4c(=O)c5cccc(F)c5oc4c3)C2)C1. The molecule has 2 aliphatic heterocycles. The molecule has 0 aliphatic carbocycles. The molecule has 2 aliphatic rings. The van der Waals surface area contributed by atoms with Crippen molar-refractivity contribution in [3.8, 4) is 0 Å². The van der Waals surface area contributed by atoms with E-state index in [1.54, 1.807) is 12.1 Å². The highest BCUT2D eigenvalue weighted by Crippen LogP contribution is 2.42. The van der Waals surface area contributed by atoms with Crippen LogP contribution < -0.4 is 10.3 Å². The Kier molecular flexibility index (Phi) is 4.69. The van der Waals surface area contributed by atoms with E-state index in [1.165, 1.54) is 12.1 Å². The van der Waals surface area contributed by atoms with Gasteiger partial charge in [0.2, 0.25) is 5.43 Å². The Balaban J connectivity index is 1.39. The highest BCUT2D eigenvalue weighted by molar-refractivity contribution is 5.91. The summed E-state index contributed by atoms with van der Waals surface area (Å²) in [6, 6.07) is 9.89. The summed E-state index contributed by atoms with van der Waals surface area (Å²) < 4.78 is 25.6. The number of halogens is 1. The summed E-state index contributed by atoms with van der Waals surface area (Å²) in [7, 11) is 0. The molecule has 1 aromatic heterocycles. The number of para-hydroxylation sites is 1. The Hall–Kier alpha value is -3.09. The van der Waals surface area contributed by atoms with Crippen LogP contribution in [0.15, 0.2) is 45.6 Å². The zero-order valence-corrected chi connectivity index (χ0v) is 18.6. The number of ether oxygens (including phenoxy) is 1. The first-order valence-corrected chi connectivity index (χ1v) is 11.0. The summed E-state index contributed by atoms with van der Waals surface area (Å²) in [6.45, 7) is 8.66. The molecule has 0 bridgehead atoms. The second-order valence-electron chi connectivity index (χ2n) is 10.1. The van der Waals surface area contributed by atoms with E-state index in [9.17, 15) is 14.0 Å². The molecule has 2 saturated heterocycles. The molecule has 2 fully saturated rings. The van der Waals surface area contributed by atoms with Crippen LogP contribution in [0, 0.1) is 11.2 Å². The second-order valence-corrected chi connectivity index (χ2v) is 10.1. The summed E-state index contributed by atoms with van der Waals surface area (Å²) in [5.74, 6) is -0.541. The van der Waals surface area contributed by atoms with E-state index in [2.05, 4.69) is 4.90 Å². The highest BCUT2D eigenvalue weighted by atomic mass is 19.1. The number of benzene rings is 2. The molecule has 32 heavy (non-hydrogen) atoms. The Labute approximate surface area is 185 Å². The third-order valence-corrected chi connectivity index (χ3v) is 6.53. The number of likely N-dealkylation sites (tertiary alicyclic amines) is 1. The molecule has 1 atom stereocenters. The molecule has 0 radical (unpaired) electrons. The lowest BCUT2D eigenvalue weighted by atomic mass is 9.86. The minimum atomic E-state index is -0.541. The van der Waals surface area contributed by atoms with Crippen molar-refractivity contribution in [3.05, 3.63) is 52.4 Å². The van der Waals surface area contributed by atoms with Crippen molar-refractivity contribution < 1.29 is 18.3 Å². The lowest BCUT2D eigenvalue weighted by Gasteiger charge is -2.27. The second kappa shape index (κ2) is 7.22. The lowest BCUT2D eigenvalue weighted by molar-refractivity contribution is 0.0276. The topological polar surface area (TPSA) is 63.0 Å². The largest absolute Gasteiger partial charge is 0.453 e. The van der Waals surface area contributed by atoms with Crippen LogP contribution in [0.25, 0.3) is 21.9 Å². The number of fused-ring (bicyclic) bond motifs is 2. The maximum atomic E-state index is 14.2. The smallest absolute Gasteiger partial charge is 0.410 e. The first kappa shape index (κ1) is 20.8. The van der Waals surface area contributed by atoms with Crippen molar-refractivity contribution in [2.45, 2.75) is 39.2 Å². The van der Waals surface area contributed by atoms with Crippen molar-refractivity contribution >= 4 is 33.7 Å². The van der Waals surface area contributed by atoms with Crippen LogP contribution >= 0.6 is 0 Å². The fourth-order valence-corrected chi connectivity index (χ4v) is 4.93. The van der Waals surface area contributed by atoms with Crippen molar-refractivity contribution in [3.63, 3.8) is 0 Å². The van der Waals surface area contributed by atoms with Crippen LogP contribution in [-0.4, -0.2) is 42.8 Å². The molecule has 3 aromatic rings. The fraction of sp³-hybridized carbons (Fsp3) is 0.440. The average molecular weight is 438 g/mol. The predicted molar refractivity (Wildman–Crippen MR) is 122 cm³/mol. The third-order valence-electron chi connectivity index (χ3n) is 6.53. The first-order chi connectivity index (χ1) is 15.1. The first-order valence-electron chi connectivity index (χ1n) is 11.0. The number of hydrogen-bond acceptors (Lipinski definition) is 5. The molecule has 1 spiro atoms. The van der Waals surface area contributed by atoms with E-state index in [-0.39, 0.29) is 27.9 Å². The quantitative estimate of drug-likeness (QED) is 0.505. The van der Waals surface area contributed by atoms with Gasteiger partial charge in [-0.15, -0.1) is 0 Å². The molecule has 0 saturated carbocycles. The van der Waals surface area contributed by atoms with Gasteiger partial charge in [-0.2, -0.15) is 0 Å². The molecule has 7 heteroatoms. The Bertz CT molecular complexity index is 1280. The van der Waals surface area contributed by atoms with E-state index in [0.29, 0.717) is 24.1 Å². The Morgan fingerprint density at radius 1 is 1.09 bits per heavy atom. The van der Waals surface area contributed by atoms with Crippen LogP contribution in [-0.2, 0) is 4.74 Å². The molecule has 5 rings (SSSR count). The fourth-order valence-electron chi connectivity index (χ4n) is 4.93. The predicted octanol–water partition coefficient (Wildman–Crippen LogP) is 4.92. The number of amides is 1. The molecular weight excluding hydrogens is 411 g/mol. The van der Waals surface area contributed by atoms with E-state index in [4.69, 9.17) is 9.15 Å². The van der Waals surface area contributed by atoms with Crippen LogP contribution in [0.3, 0.4) is 0 Å². The minimum Gasteiger partial charge on any atom is -0.453 e. The van der Waals surface area contributed by atoms with Gasteiger partial charge >= 0.3 is 6.09 Å². The van der Waals surface area contributed by atoms with Gasteiger partial charge in [0.1, 0.15) is 11.2 Å². The average Bonchev–Trinajstić information content (AvgIpc) is 3.35. The van der Waals surface area contributed by atoms with Crippen molar-refractivity contribution in [2.75, 3.05) is 31.1 Å². The normalized spacial score (nSPS) is 21.2. The van der Waals surface area contributed by atoms with Crippen LogP contribution in [0.2, 0.25) is 0 Å². The Morgan fingerprint density at radius 3 is 2.66 bits per heavy atom.